The number of rotatable bonds is 3. The lowest BCUT2D eigenvalue weighted by molar-refractivity contribution is 0.354. The summed E-state index contributed by atoms with van der Waals surface area (Å²) in [7, 11) is 0. The monoisotopic (exact) mass is 251 g/mol. The summed E-state index contributed by atoms with van der Waals surface area (Å²) in [5.41, 5.74) is 1.02. The number of benzene rings is 1. The van der Waals surface area contributed by atoms with Gasteiger partial charge in [0.2, 0.25) is 0 Å². The van der Waals surface area contributed by atoms with E-state index in [2.05, 4.69) is 19.2 Å². The molecule has 2 rings (SSSR count). The van der Waals surface area contributed by atoms with Crippen molar-refractivity contribution in [3.8, 4) is 5.75 Å². The lowest BCUT2D eigenvalue weighted by atomic mass is 9.91. The standard InChI is InChI=1S/C15H22FNO/c1-10(13-5-4-12(18)8-14(13)16)17-11-6-7-15(2,3)9-11/h4-5,8,10-11,17-18H,6-7,9H2,1-3H3. The highest BCUT2D eigenvalue weighted by Gasteiger charge is 2.31. The molecular formula is C15H22FNO. The topological polar surface area (TPSA) is 32.3 Å². The van der Waals surface area contributed by atoms with Crippen molar-refractivity contribution in [3.05, 3.63) is 29.6 Å². The Hall–Kier alpha value is -1.09. The number of phenolic OH excluding ortho intramolecular Hbond substituents is 1. The quantitative estimate of drug-likeness (QED) is 0.857. The first-order valence-corrected chi connectivity index (χ1v) is 6.62. The van der Waals surface area contributed by atoms with E-state index in [9.17, 15) is 9.50 Å². The lowest BCUT2D eigenvalue weighted by Gasteiger charge is -2.22. The predicted molar refractivity (Wildman–Crippen MR) is 71.0 cm³/mol. The number of hydrogen-bond donors (Lipinski definition) is 2. The molecule has 1 aliphatic rings. The smallest absolute Gasteiger partial charge is 0.131 e. The number of aromatic hydroxyl groups is 1. The van der Waals surface area contributed by atoms with E-state index in [1.807, 2.05) is 6.92 Å². The minimum atomic E-state index is -0.341. The Labute approximate surface area is 108 Å². The predicted octanol–water partition coefficient (Wildman–Crippen LogP) is 3.76. The van der Waals surface area contributed by atoms with E-state index in [0.717, 1.165) is 12.8 Å². The van der Waals surface area contributed by atoms with Crippen LogP contribution in [-0.4, -0.2) is 11.1 Å². The molecule has 0 aliphatic heterocycles. The van der Waals surface area contributed by atoms with Crippen LogP contribution in [0.1, 0.15) is 51.6 Å². The molecule has 0 aromatic heterocycles. The second-order valence-electron chi connectivity index (χ2n) is 6.20. The fourth-order valence-electron chi connectivity index (χ4n) is 2.89. The highest BCUT2D eigenvalue weighted by atomic mass is 19.1. The van der Waals surface area contributed by atoms with Gasteiger partial charge in [-0.05, 0) is 37.7 Å². The maximum atomic E-state index is 13.7. The third-order valence-corrected chi connectivity index (χ3v) is 3.90. The van der Waals surface area contributed by atoms with E-state index in [4.69, 9.17) is 0 Å². The van der Waals surface area contributed by atoms with Gasteiger partial charge in [-0.3, -0.25) is 0 Å². The molecule has 2 atom stereocenters. The normalized spacial score (nSPS) is 24.1. The SMILES string of the molecule is CC(NC1CCC(C)(C)C1)c1ccc(O)cc1F. The average Bonchev–Trinajstić information content (AvgIpc) is 2.57. The molecule has 2 N–H and O–H groups in total. The zero-order chi connectivity index (χ0) is 13.3. The molecule has 1 aliphatic carbocycles. The maximum Gasteiger partial charge on any atom is 0.131 e. The van der Waals surface area contributed by atoms with Crippen LogP contribution in [-0.2, 0) is 0 Å². The van der Waals surface area contributed by atoms with Crippen molar-refractivity contribution in [1.82, 2.24) is 5.32 Å². The van der Waals surface area contributed by atoms with Gasteiger partial charge in [-0.1, -0.05) is 19.9 Å². The van der Waals surface area contributed by atoms with Gasteiger partial charge < -0.3 is 10.4 Å². The minimum absolute atomic E-state index is 0.0227. The average molecular weight is 251 g/mol. The number of phenols is 1. The van der Waals surface area contributed by atoms with Crippen molar-refractivity contribution in [2.45, 2.75) is 52.1 Å². The first kappa shape index (κ1) is 13.3. The van der Waals surface area contributed by atoms with Gasteiger partial charge in [0, 0.05) is 23.7 Å². The second-order valence-corrected chi connectivity index (χ2v) is 6.20. The summed E-state index contributed by atoms with van der Waals surface area (Å²) in [5, 5.41) is 12.7. The Morgan fingerprint density at radius 3 is 2.72 bits per heavy atom. The number of halogens is 1. The fourth-order valence-corrected chi connectivity index (χ4v) is 2.89. The molecule has 3 heteroatoms. The van der Waals surface area contributed by atoms with Crippen LogP contribution in [0.4, 0.5) is 4.39 Å². The molecule has 1 saturated carbocycles. The molecule has 0 radical (unpaired) electrons. The maximum absolute atomic E-state index is 13.7. The van der Waals surface area contributed by atoms with Gasteiger partial charge >= 0.3 is 0 Å². The largest absolute Gasteiger partial charge is 0.508 e. The van der Waals surface area contributed by atoms with Crippen LogP contribution < -0.4 is 5.32 Å². The van der Waals surface area contributed by atoms with Crippen LogP contribution in [0.15, 0.2) is 18.2 Å². The molecule has 2 unspecified atom stereocenters. The second kappa shape index (κ2) is 4.88. The molecular weight excluding hydrogens is 229 g/mol. The van der Waals surface area contributed by atoms with E-state index < -0.39 is 0 Å². The molecule has 2 nitrogen and oxygen atoms in total. The zero-order valence-electron chi connectivity index (χ0n) is 11.3. The Morgan fingerprint density at radius 1 is 1.44 bits per heavy atom. The fraction of sp³-hybridized carbons (Fsp3) is 0.600. The van der Waals surface area contributed by atoms with Gasteiger partial charge in [0.1, 0.15) is 11.6 Å². The number of nitrogens with one attached hydrogen (secondary N) is 1. The van der Waals surface area contributed by atoms with Crippen LogP contribution in [0.5, 0.6) is 5.75 Å². The van der Waals surface area contributed by atoms with Crippen molar-refractivity contribution in [2.24, 2.45) is 5.41 Å². The molecule has 0 spiro atoms. The molecule has 18 heavy (non-hydrogen) atoms. The zero-order valence-corrected chi connectivity index (χ0v) is 11.3. The summed E-state index contributed by atoms with van der Waals surface area (Å²) in [5.74, 6) is -0.363. The highest BCUT2D eigenvalue weighted by molar-refractivity contribution is 5.29. The first-order valence-electron chi connectivity index (χ1n) is 6.62. The Kier molecular flexibility index (Phi) is 3.62. The molecule has 1 fully saturated rings. The Balaban J connectivity index is 2.02. The van der Waals surface area contributed by atoms with E-state index in [1.165, 1.54) is 18.6 Å². The molecule has 0 amide bonds. The van der Waals surface area contributed by atoms with E-state index >= 15 is 0 Å². The Bertz CT molecular complexity index is 431. The molecule has 0 heterocycles. The summed E-state index contributed by atoms with van der Waals surface area (Å²) in [6.45, 7) is 6.53. The van der Waals surface area contributed by atoms with Crippen molar-refractivity contribution in [3.63, 3.8) is 0 Å². The van der Waals surface area contributed by atoms with E-state index in [1.54, 1.807) is 6.07 Å². The van der Waals surface area contributed by atoms with Gasteiger partial charge in [-0.2, -0.15) is 0 Å². The van der Waals surface area contributed by atoms with Crippen LogP contribution >= 0.6 is 0 Å². The summed E-state index contributed by atoms with van der Waals surface area (Å²) < 4.78 is 13.7. The third kappa shape index (κ3) is 3.02. The van der Waals surface area contributed by atoms with Crippen molar-refractivity contribution >= 4 is 0 Å². The summed E-state index contributed by atoms with van der Waals surface area (Å²) in [6, 6.07) is 4.80. The van der Waals surface area contributed by atoms with Crippen molar-refractivity contribution < 1.29 is 9.50 Å². The minimum Gasteiger partial charge on any atom is -0.508 e. The third-order valence-electron chi connectivity index (χ3n) is 3.90. The summed E-state index contributed by atoms with van der Waals surface area (Å²) in [6.07, 6.45) is 3.50. The molecule has 0 bridgehead atoms. The van der Waals surface area contributed by atoms with Crippen LogP contribution in [0.2, 0.25) is 0 Å². The van der Waals surface area contributed by atoms with E-state index in [0.29, 0.717) is 17.0 Å². The molecule has 0 saturated heterocycles. The summed E-state index contributed by atoms with van der Waals surface area (Å²) >= 11 is 0. The Morgan fingerprint density at radius 2 is 2.17 bits per heavy atom. The van der Waals surface area contributed by atoms with Crippen LogP contribution in [0.25, 0.3) is 0 Å². The van der Waals surface area contributed by atoms with E-state index in [-0.39, 0.29) is 17.6 Å². The van der Waals surface area contributed by atoms with Gasteiger partial charge in [0.15, 0.2) is 0 Å². The molecule has 1 aromatic carbocycles. The first-order chi connectivity index (χ1) is 8.37. The summed E-state index contributed by atoms with van der Waals surface area (Å²) in [4.78, 5) is 0. The van der Waals surface area contributed by atoms with Gasteiger partial charge in [0.05, 0.1) is 0 Å². The van der Waals surface area contributed by atoms with Crippen LogP contribution in [0, 0.1) is 11.2 Å². The van der Waals surface area contributed by atoms with Crippen molar-refractivity contribution in [1.29, 1.82) is 0 Å². The van der Waals surface area contributed by atoms with Gasteiger partial charge in [0.25, 0.3) is 0 Å². The highest BCUT2D eigenvalue weighted by Crippen LogP contribution is 2.38. The van der Waals surface area contributed by atoms with Crippen molar-refractivity contribution in [2.75, 3.05) is 0 Å². The van der Waals surface area contributed by atoms with Crippen LogP contribution in [0.3, 0.4) is 0 Å². The molecule has 1 aromatic rings. The lowest BCUT2D eigenvalue weighted by Crippen LogP contribution is -2.30. The van der Waals surface area contributed by atoms with Gasteiger partial charge in [-0.15, -0.1) is 0 Å². The van der Waals surface area contributed by atoms with Gasteiger partial charge in [-0.25, -0.2) is 4.39 Å². The molecule has 100 valence electrons. The number of hydrogen-bond acceptors (Lipinski definition) is 2.